The summed E-state index contributed by atoms with van der Waals surface area (Å²) in [6.45, 7) is 0.0338. The highest BCUT2D eigenvalue weighted by molar-refractivity contribution is 7.89. The lowest BCUT2D eigenvalue weighted by atomic mass is 10.1. The first-order valence-corrected chi connectivity index (χ1v) is 11.1. The van der Waals surface area contributed by atoms with E-state index < -0.39 is 21.9 Å². The molecule has 3 aromatic rings. The molecule has 0 unspecified atom stereocenters. The fourth-order valence-corrected chi connectivity index (χ4v) is 3.80. The Balaban J connectivity index is 1.56. The van der Waals surface area contributed by atoms with Gasteiger partial charge in [-0.3, -0.25) is 10.1 Å². The van der Waals surface area contributed by atoms with Crippen LogP contribution in [0.2, 0.25) is 0 Å². The number of nitrogens with one attached hydrogen (secondary N) is 3. The molecule has 0 aliphatic heterocycles. The molecule has 0 aliphatic rings. The lowest BCUT2D eigenvalue weighted by Gasteiger charge is -2.11. The largest absolute Gasteiger partial charge is 0.468 e. The molecule has 1 heterocycles. The van der Waals surface area contributed by atoms with Gasteiger partial charge in [0.1, 0.15) is 5.76 Å². The summed E-state index contributed by atoms with van der Waals surface area (Å²) in [4.78, 5) is 23.8. The molecule has 32 heavy (non-hydrogen) atoms. The number of amides is 1. The number of thiocarbonyl (C=S) groups is 1. The maximum Gasteiger partial charge on any atom is 0.337 e. The summed E-state index contributed by atoms with van der Waals surface area (Å²) in [7, 11) is -2.45. The van der Waals surface area contributed by atoms with Crippen molar-refractivity contribution in [2.24, 2.45) is 0 Å². The summed E-state index contributed by atoms with van der Waals surface area (Å²) in [5.74, 6) is -0.482. The van der Waals surface area contributed by atoms with Crippen molar-refractivity contribution in [1.82, 2.24) is 10.0 Å². The van der Waals surface area contributed by atoms with E-state index in [0.29, 0.717) is 22.6 Å². The molecule has 0 aliphatic carbocycles. The Hall–Kier alpha value is -3.54. The van der Waals surface area contributed by atoms with Crippen LogP contribution < -0.4 is 15.4 Å². The summed E-state index contributed by atoms with van der Waals surface area (Å²) < 4.78 is 36.9. The van der Waals surface area contributed by atoms with Crippen LogP contribution in [-0.2, 0) is 21.3 Å². The van der Waals surface area contributed by atoms with E-state index in [1.165, 1.54) is 61.9 Å². The molecule has 11 heteroatoms. The molecule has 166 valence electrons. The molecule has 0 fully saturated rings. The van der Waals surface area contributed by atoms with Crippen LogP contribution in [0.1, 0.15) is 26.5 Å². The van der Waals surface area contributed by atoms with Crippen molar-refractivity contribution in [2.75, 3.05) is 12.4 Å². The summed E-state index contributed by atoms with van der Waals surface area (Å²) >= 11 is 5.13. The van der Waals surface area contributed by atoms with Crippen LogP contribution in [0.15, 0.2) is 76.2 Å². The minimum absolute atomic E-state index is 0.0265. The standard InChI is InChI=1S/C21H19N3O6S2/c1-29-20(26)15-6-4-14(5-7-15)19(25)24-21(31)23-16-8-10-18(11-9-16)32(27,28)22-13-17-3-2-12-30-17/h2-12,22H,13H2,1H3,(H2,23,24,25,31). The predicted molar refractivity (Wildman–Crippen MR) is 121 cm³/mol. The van der Waals surface area contributed by atoms with E-state index in [1.807, 2.05) is 0 Å². The van der Waals surface area contributed by atoms with Crippen LogP contribution in [0, 0.1) is 0 Å². The topological polar surface area (TPSA) is 127 Å². The molecule has 0 saturated heterocycles. The zero-order valence-corrected chi connectivity index (χ0v) is 18.5. The van der Waals surface area contributed by atoms with Crippen LogP contribution >= 0.6 is 12.2 Å². The van der Waals surface area contributed by atoms with Crippen molar-refractivity contribution >= 4 is 44.9 Å². The highest BCUT2D eigenvalue weighted by Crippen LogP contribution is 2.15. The van der Waals surface area contributed by atoms with Gasteiger partial charge in [0.2, 0.25) is 10.0 Å². The molecule has 3 N–H and O–H groups in total. The number of hydrogen-bond donors (Lipinski definition) is 3. The molecule has 1 aromatic heterocycles. The van der Waals surface area contributed by atoms with Gasteiger partial charge in [0.05, 0.1) is 30.4 Å². The Labute approximate surface area is 189 Å². The van der Waals surface area contributed by atoms with E-state index in [2.05, 4.69) is 20.1 Å². The van der Waals surface area contributed by atoms with Crippen LogP contribution in [0.4, 0.5) is 5.69 Å². The lowest BCUT2D eigenvalue weighted by Crippen LogP contribution is -2.34. The summed E-state index contributed by atoms with van der Waals surface area (Å²) in [6, 6.07) is 15.1. The van der Waals surface area contributed by atoms with Gasteiger partial charge >= 0.3 is 5.97 Å². The van der Waals surface area contributed by atoms with E-state index >= 15 is 0 Å². The predicted octanol–water partition coefficient (Wildman–Crippen LogP) is 2.67. The maximum absolute atomic E-state index is 12.4. The van der Waals surface area contributed by atoms with Crippen LogP contribution in [0.25, 0.3) is 0 Å². The van der Waals surface area contributed by atoms with Crippen LogP contribution in [0.3, 0.4) is 0 Å². The highest BCUT2D eigenvalue weighted by Gasteiger charge is 2.15. The third-order valence-corrected chi connectivity index (χ3v) is 5.86. The maximum atomic E-state index is 12.4. The van der Waals surface area contributed by atoms with Gasteiger partial charge in [0.25, 0.3) is 5.91 Å². The summed E-state index contributed by atoms with van der Waals surface area (Å²) in [5, 5.41) is 5.35. The Morgan fingerprint density at radius 2 is 1.66 bits per heavy atom. The molecule has 3 rings (SSSR count). The molecule has 9 nitrogen and oxygen atoms in total. The molecule has 0 spiro atoms. The monoisotopic (exact) mass is 473 g/mol. The van der Waals surface area contributed by atoms with Crippen molar-refractivity contribution in [1.29, 1.82) is 0 Å². The second-order valence-electron chi connectivity index (χ2n) is 6.41. The molecule has 0 saturated carbocycles. The fraction of sp³-hybridized carbons (Fsp3) is 0.0952. The molecule has 0 bridgehead atoms. The second kappa shape index (κ2) is 10.2. The number of methoxy groups -OCH3 is 1. The number of benzene rings is 2. The molecule has 0 radical (unpaired) electrons. The average molecular weight is 474 g/mol. The van der Waals surface area contributed by atoms with Gasteiger partial charge < -0.3 is 14.5 Å². The van der Waals surface area contributed by atoms with E-state index in [4.69, 9.17) is 16.6 Å². The lowest BCUT2D eigenvalue weighted by molar-refractivity contribution is 0.0600. The fourth-order valence-electron chi connectivity index (χ4n) is 2.59. The van der Waals surface area contributed by atoms with Crippen molar-refractivity contribution in [3.05, 3.63) is 83.8 Å². The Kier molecular flexibility index (Phi) is 7.36. The minimum atomic E-state index is -3.72. The van der Waals surface area contributed by atoms with Crippen LogP contribution in [-0.4, -0.2) is 32.5 Å². The zero-order valence-electron chi connectivity index (χ0n) is 16.8. The Morgan fingerprint density at radius 3 is 2.25 bits per heavy atom. The molecule has 0 atom stereocenters. The van der Waals surface area contributed by atoms with Crippen LogP contribution in [0.5, 0.6) is 0 Å². The number of carbonyl (C=O) groups is 2. The number of rotatable bonds is 7. The van der Waals surface area contributed by atoms with Crippen molar-refractivity contribution < 1.29 is 27.2 Å². The summed E-state index contributed by atoms with van der Waals surface area (Å²) in [5.41, 5.74) is 1.10. The van der Waals surface area contributed by atoms with Gasteiger partial charge in [0, 0.05) is 11.3 Å². The van der Waals surface area contributed by atoms with E-state index in [-0.39, 0.29) is 16.6 Å². The van der Waals surface area contributed by atoms with Gasteiger partial charge in [-0.2, -0.15) is 0 Å². The number of carbonyl (C=O) groups excluding carboxylic acids is 2. The first kappa shape index (κ1) is 23.1. The zero-order chi connectivity index (χ0) is 23.1. The average Bonchev–Trinajstić information content (AvgIpc) is 3.31. The molecular formula is C21H19N3O6S2. The van der Waals surface area contributed by atoms with E-state index in [1.54, 1.807) is 12.1 Å². The van der Waals surface area contributed by atoms with Crippen molar-refractivity contribution in [3.8, 4) is 0 Å². The quantitative estimate of drug-likeness (QED) is 0.353. The number of hydrogen-bond acceptors (Lipinski definition) is 7. The first-order chi connectivity index (χ1) is 15.3. The highest BCUT2D eigenvalue weighted by atomic mass is 32.2. The third kappa shape index (κ3) is 6.00. The van der Waals surface area contributed by atoms with Gasteiger partial charge in [-0.1, -0.05) is 0 Å². The van der Waals surface area contributed by atoms with Crippen molar-refractivity contribution in [3.63, 3.8) is 0 Å². The molecule has 2 aromatic carbocycles. The first-order valence-electron chi connectivity index (χ1n) is 9.21. The molecular weight excluding hydrogens is 454 g/mol. The second-order valence-corrected chi connectivity index (χ2v) is 8.58. The summed E-state index contributed by atoms with van der Waals surface area (Å²) in [6.07, 6.45) is 1.46. The number of esters is 1. The minimum Gasteiger partial charge on any atom is -0.468 e. The van der Waals surface area contributed by atoms with Gasteiger partial charge in [-0.25, -0.2) is 17.9 Å². The van der Waals surface area contributed by atoms with Gasteiger partial charge in [-0.05, 0) is 72.9 Å². The van der Waals surface area contributed by atoms with Gasteiger partial charge in [0.15, 0.2) is 5.11 Å². The van der Waals surface area contributed by atoms with Crippen molar-refractivity contribution in [2.45, 2.75) is 11.4 Å². The third-order valence-electron chi connectivity index (χ3n) is 4.23. The number of anilines is 1. The molecule has 1 amide bonds. The number of sulfonamides is 1. The SMILES string of the molecule is COC(=O)c1ccc(C(=O)NC(=S)Nc2ccc(S(=O)(=O)NCc3ccco3)cc2)cc1. The smallest absolute Gasteiger partial charge is 0.337 e. The Morgan fingerprint density at radius 1 is 1.00 bits per heavy atom. The van der Waals surface area contributed by atoms with E-state index in [9.17, 15) is 18.0 Å². The van der Waals surface area contributed by atoms with E-state index in [0.717, 1.165) is 0 Å². The number of furan rings is 1. The van der Waals surface area contributed by atoms with Gasteiger partial charge in [-0.15, -0.1) is 0 Å². The normalized spacial score (nSPS) is 10.9. The number of ether oxygens (including phenoxy) is 1. The Bertz CT molecular complexity index is 1210.